The molecule has 0 saturated carbocycles. The number of hydrogen-bond donors (Lipinski definition) is 0. The second kappa shape index (κ2) is 28.3. The monoisotopic (exact) mass is 1410 g/mol. The van der Waals surface area contributed by atoms with Crippen LogP contribution in [0.1, 0.15) is 22.3 Å². The average molecular weight is 1410 g/mol. The zero-order valence-electron chi connectivity index (χ0n) is 61.9. The predicted molar refractivity (Wildman–Crippen MR) is 471 cm³/mol. The van der Waals surface area contributed by atoms with E-state index in [0.29, 0.717) is 0 Å². The Labute approximate surface area is 643 Å². The van der Waals surface area contributed by atoms with Crippen molar-refractivity contribution in [2.75, 3.05) is 19.6 Å². The van der Waals surface area contributed by atoms with Crippen LogP contribution in [0, 0.1) is 27.7 Å². The molecule has 0 aromatic heterocycles. The highest BCUT2D eigenvalue weighted by molar-refractivity contribution is 6.23. The molecule has 0 fully saturated rings. The fourth-order valence-electron chi connectivity index (χ4n) is 17.1. The van der Waals surface area contributed by atoms with Gasteiger partial charge in [-0.1, -0.05) is 261 Å². The van der Waals surface area contributed by atoms with Crippen LogP contribution in [0.2, 0.25) is 0 Å². The van der Waals surface area contributed by atoms with Gasteiger partial charge in [-0.3, -0.25) is 0 Å². The quantitative estimate of drug-likeness (QED) is 0.0894. The molecule has 110 heavy (non-hydrogen) atoms. The van der Waals surface area contributed by atoms with Crippen LogP contribution < -0.4 is 19.6 Å². The molecule has 0 atom stereocenters. The van der Waals surface area contributed by atoms with Crippen LogP contribution >= 0.6 is 0 Å². The SMILES string of the molecule is Cc1cc(N(c2ccccc2)c2cccc3ccccc23)ccc1-c1ccc2c(-c3ccc(N(c4ccccc4)c4cccc5ccccc45)cc3C)c3cc(-c4ccc(N(c5ccccc5)c5cccc6ccccc56)cc4C)ccc3c(-c3ccc(N(c4ccccc4)c4ccc5ccccc5c4)cc3C)c2c1. The fraction of sp³-hybridized carbons (Fsp3) is 0.0377. The maximum atomic E-state index is 2.50. The summed E-state index contributed by atoms with van der Waals surface area (Å²) in [6.45, 7) is 9.17. The molecule has 0 bridgehead atoms. The van der Waals surface area contributed by atoms with Gasteiger partial charge in [-0.15, -0.1) is 0 Å². The molecule has 19 rings (SSSR count). The number of anilines is 12. The summed E-state index contributed by atoms with van der Waals surface area (Å²) in [5, 5.41) is 14.3. The van der Waals surface area contributed by atoms with Crippen molar-refractivity contribution >= 4 is 133 Å². The summed E-state index contributed by atoms with van der Waals surface area (Å²) in [5.74, 6) is 0. The Kier molecular flexibility index (Phi) is 17.2. The third-order valence-corrected chi connectivity index (χ3v) is 22.2. The van der Waals surface area contributed by atoms with Crippen molar-refractivity contribution in [1.29, 1.82) is 0 Å². The maximum Gasteiger partial charge on any atom is 0.0540 e. The Bertz CT molecular complexity index is 6710. The summed E-state index contributed by atoms with van der Waals surface area (Å²) in [5.41, 5.74) is 27.3. The molecule has 19 aromatic carbocycles. The lowest BCUT2D eigenvalue weighted by Crippen LogP contribution is -2.11. The van der Waals surface area contributed by atoms with Crippen molar-refractivity contribution in [3.63, 3.8) is 0 Å². The number of fused-ring (bicyclic) bond motifs is 6. The highest BCUT2D eigenvalue weighted by Gasteiger charge is 2.26. The van der Waals surface area contributed by atoms with Crippen molar-refractivity contribution in [1.82, 2.24) is 0 Å². The van der Waals surface area contributed by atoms with Crippen LogP contribution in [-0.2, 0) is 0 Å². The lowest BCUT2D eigenvalue weighted by atomic mass is 9.81. The molecule has 4 heteroatoms. The Morgan fingerprint density at radius 1 is 0.155 bits per heavy atom. The largest absolute Gasteiger partial charge is 0.310 e. The zero-order chi connectivity index (χ0) is 73.8. The van der Waals surface area contributed by atoms with E-state index in [1.807, 2.05) is 0 Å². The maximum absolute atomic E-state index is 2.50. The molecular weight excluding hydrogens is 1330 g/mol. The minimum absolute atomic E-state index is 1.08. The van der Waals surface area contributed by atoms with E-state index >= 15 is 0 Å². The molecule has 0 spiro atoms. The average Bonchev–Trinajstić information content (AvgIpc) is 0.710. The van der Waals surface area contributed by atoms with Gasteiger partial charge < -0.3 is 19.6 Å². The number of hydrogen-bond acceptors (Lipinski definition) is 4. The Balaban J connectivity index is 0.844. The molecule has 19 aromatic rings. The number of aryl methyl sites for hydroxylation is 4. The van der Waals surface area contributed by atoms with Gasteiger partial charge in [-0.25, -0.2) is 0 Å². The van der Waals surface area contributed by atoms with Crippen LogP contribution in [0.5, 0.6) is 0 Å². The van der Waals surface area contributed by atoms with Crippen molar-refractivity contribution in [3.05, 3.63) is 423 Å². The van der Waals surface area contributed by atoms with E-state index in [0.717, 1.165) is 79.4 Å². The summed E-state index contributed by atoms with van der Waals surface area (Å²) in [6, 6.07) is 148. The minimum Gasteiger partial charge on any atom is -0.310 e. The van der Waals surface area contributed by atoms with Crippen molar-refractivity contribution in [2.24, 2.45) is 0 Å². The first-order valence-corrected chi connectivity index (χ1v) is 38.0. The van der Waals surface area contributed by atoms with Gasteiger partial charge in [0, 0.05) is 67.3 Å². The topological polar surface area (TPSA) is 13.0 Å². The Hall–Kier alpha value is -14.1. The molecule has 0 aliphatic carbocycles. The first kappa shape index (κ1) is 66.6. The van der Waals surface area contributed by atoms with Gasteiger partial charge in [-0.05, 0) is 282 Å². The summed E-state index contributed by atoms with van der Waals surface area (Å²) in [6.07, 6.45) is 0. The number of benzene rings is 19. The van der Waals surface area contributed by atoms with E-state index in [2.05, 4.69) is 448 Å². The highest BCUT2D eigenvalue weighted by Crippen LogP contribution is 2.52. The molecule has 0 heterocycles. The fourth-order valence-corrected chi connectivity index (χ4v) is 17.1. The van der Waals surface area contributed by atoms with Gasteiger partial charge in [0.1, 0.15) is 0 Å². The van der Waals surface area contributed by atoms with Crippen LogP contribution in [0.4, 0.5) is 68.2 Å². The molecule has 0 N–H and O–H groups in total. The van der Waals surface area contributed by atoms with Gasteiger partial charge in [0.15, 0.2) is 0 Å². The van der Waals surface area contributed by atoms with E-state index in [1.165, 1.54) is 120 Å². The molecule has 0 radical (unpaired) electrons. The first-order valence-electron chi connectivity index (χ1n) is 38.0. The highest BCUT2D eigenvalue weighted by atomic mass is 15.2. The second-order valence-electron chi connectivity index (χ2n) is 29.0. The third kappa shape index (κ3) is 12.1. The zero-order valence-corrected chi connectivity index (χ0v) is 61.9. The Morgan fingerprint density at radius 2 is 0.436 bits per heavy atom. The summed E-state index contributed by atoms with van der Waals surface area (Å²) >= 11 is 0. The molecule has 522 valence electrons. The molecule has 0 saturated heterocycles. The molecule has 0 aliphatic heterocycles. The third-order valence-electron chi connectivity index (χ3n) is 22.2. The lowest BCUT2D eigenvalue weighted by molar-refractivity contribution is 1.28. The predicted octanol–water partition coefficient (Wildman–Crippen LogP) is 30.4. The van der Waals surface area contributed by atoms with E-state index in [-0.39, 0.29) is 0 Å². The van der Waals surface area contributed by atoms with Crippen molar-refractivity contribution in [2.45, 2.75) is 27.7 Å². The van der Waals surface area contributed by atoms with E-state index < -0.39 is 0 Å². The molecule has 4 nitrogen and oxygen atoms in total. The summed E-state index contributed by atoms with van der Waals surface area (Å²) in [7, 11) is 0. The molecular formula is C106H78N4. The summed E-state index contributed by atoms with van der Waals surface area (Å²) < 4.78 is 0. The van der Waals surface area contributed by atoms with Gasteiger partial charge in [0.25, 0.3) is 0 Å². The summed E-state index contributed by atoms with van der Waals surface area (Å²) in [4.78, 5) is 9.64. The van der Waals surface area contributed by atoms with Gasteiger partial charge in [0.2, 0.25) is 0 Å². The van der Waals surface area contributed by atoms with Crippen LogP contribution in [0.3, 0.4) is 0 Å². The smallest absolute Gasteiger partial charge is 0.0540 e. The lowest BCUT2D eigenvalue weighted by Gasteiger charge is -2.28. The molecule has 0 unspecified atom stereocenters. The molecule has 0 aliphatic rings. The number of nitrogens with zero attached hydrogens (tertiary/aromatic N) is 4. The van der Waals surface area contributed by atoms with Crippen molar-refractivity contribution in [3.8, 4) is 44.5 Å². The van der Waals surface area contributed by atoms with Crippen molar-refractivity contribution < 1.29 is 0 Å². The first-order chi connectivity index (χ1) is 54.2. The second-order valence-corrected chi connectivity index (χ2v) is 29.0. The van der Waals surface area contributed by atoms with Gasteiger partial charge >= 0.3 is 0 Å². The van der Waals surface area contributed by atoms with Gasteiger partial charge in [0.05, 0.1) is 17.1 Å². The van der Waals surface area contributed by atoms with E-state index in [9.17, 15) is 0 Å². The normalized spacial score (nSPS) is 11.5. The molecule has 0 amide bonds. The Morgan fingerprint density at radius 3 is 0.800 bits per heavy atom. The number of rotatable bonds is 16. The van der Waals surface area contributed by atoms with E-state index in [4.69, 9.17) is 0 Å². The van der Waals surface area contributed by atoms with E-state index in [1.54, 1.807) is 0 Å². The van der Waals surface area contributed by atoms with Crippen LogP contribution in [0.15, 0.2) is 400 Å². The standard InChI is InChI=1S/C106H78N4/c1-71-64-87(108(83-38-11-6-12-39-83)102-47-25-33-76-29-19-22-44-95(76)102)54-60-91(71)80-52-59-99-100(69-80)105(93-62-56-86(66-73(93)3)107(82-36-9-5-10-37-82)90-53-50-75-28-17-18-32-79(75)68-90)98-58-51-81(92-61-55-88(65-72(92)2)109(84-40-13-7-14-41-84)103-48-26-34-77-30-20-23-45-96(77)103)70-101(98)106(99)94-63-57-89(67-74(94)4)110(85-42-15-8-16-43-85)104-49-27-35-78-31-21-24-46-97(78)104/h5-70H,1-4H3. The van der Waals surface area contributed by atoms with Crippen LogP contribution in [0.25, 0.3) is 109 Å². The minimum atomic E-state index is 1.08. The van der Waals surface area contributed by atoms with Gasteiger partial charge in [-0.2, -0.15) is 0 Å². The van der Waals surface area contributed by atoms with Crippen LogP contribution in [-0.4, -0.2) is 0 Å². The number of para-hydroxylation sites is 4.